The van der Waals surface area contributed by atoms with Crippen molar-refractivity contribution in [2.45, 2.75) is 58.2 Å². The summed E-state index contributed by atoms with van der Waals surface area (Å²) in [5, 5.41) is 4.61. The van der Waals surface area contributed by atoms with Crippen LogP contribution in [0.4, 0.5) is 0 Å². The Morgan fingerprint density at radius 2 is 2.00 bits per heavy atom. The minimum atomic E-state index is -0.00949. The number of fused-ring (bicyclic) bond motifs is 1. The minimum Gasteiger partial charge on any atom is -0.298 e. The molecular weight excluding hydrogens is 330 g/mol. The van der Waals surface area contributed by atoms with Gasteiger partial charge >= 0.3 is 0 Å². The Hall–Kier alpha value is -2.28. The minimum absolute atomic E-state index is 0.00949. The molecule has 7 heteroatoms. The number of rotatable bonds is 5. The van der Waals surface area contributed by atoms with Crippen LogP contribution in [0.3, 0.4) is 0 Å². The van der Waals surface area contributed by atoms with Crippen molar-refractivity contribution in [3.63, 3.8) is 0 Å². The van der Waals surface area contributed by atoms with Crippen LogP contribution in [0.2, 0.25) is 0 Å². The molecule has 1 fully saturated rings. The topological polar surface area (TPSA) is 73.0 Å². The Kier molecular flexibility index (Phi) is 4.72. The molecule has 0 spiro atoms. The molecule has 1 atom stereocenters. The molecule has 138 valence electrons. The summed E-state index contributed by atoms with van der Waals surface area (Å²) in [6.07, 6.45) is 6.86. The summed E-state index contributed by atoms with van der Waals surface area (Å²) >= 11 is 0. The lowest BCUT2D eigenvalue weighted by atomic mass is 10.2. The molecule has 1 saturated heterocycles. The summed E-state index contributed by atoms with van der Waals surface area (Å²) in [6.45, 7) is 4.86. The van der Waals surface area contributed by atoms with Gasteiger partial charge in [0.1, 0.15) is 0 Å². The highest BCUT2D eigenvalue weighted by molar-refractivity contribution is 5.22. The first-order valence-corrected chi connectivity index (χ1v) is 9.47. The monoisotopic (exact) mass is 355 g/mol. The number of likely N-dealkylation sites (tertiary alicyclic amines) is 1. The van der Waals surface area contributed by atoms with Crippen LogP contribution in [-0.2, 0) is 25.9 Å². The van der Waals surface area contributed by atoms with Gasteiger partial charge in [0.05, 0.1) is 18.6 Å². The van der Waals surface area contributed by atoms with Crippen LogP contribution < -0.4 is 11.1 Å². The van der Waals surface area contributed by atoms with Crippen LogP contribution in [0.25, 0.3) is 0 Å². The molecule has 0 bridgehead atoms. The molecule has 3 heterocycles. The lowest BCUT2D eigenvalue weighted by Crippen LogP contribution is -2.39. The third-order valence-corrected chi connectivity index (χ3v) is 5.55. The van der Waals surface area contributed by atoms with Gasteiger partial charge < -0.3 is 0 Å². The number of hydrogen-bond acceptors (Lipinski definition) is 5. The van der Waals surface area contributed by atoms with Crippen molar-refractivity contribution in [1.82, 2.24) is 24.2 Å². The lowest BCUT2D eigenvalue weighted by Gasteiger charge is -2.25. The van der Waals surface area contributed by atoms with Crippen LogP contribution in [0.1, 0.15) is 36.2 Å². The molecule has 7 nitrogen and oxygen atoms in total. The number of aromatic nitrogens is 4. The largest absolute Gasteiger partial charge is 0.298 e. The second-order valence-electron chi connectivity index (χ2n) is 7.38. The molecule has 1 aliphatic carbocycles. The normalized spacial score (nSPS) is 19.8. The van der Waals surface area contributed by atoms with E-state index in [4.69, 9.17) is 0 Å². The molecule has 0 N–H and O–H groups in total. The van der Waals surface area contributed by atoms with Gasteiger partial charge in [-0.05, 0) is 51.1 Å². The fourth-order valence-corrected chi connectivity index (χ4v) is 4.09. The Labute approximate surface area is 152 Å². The molecule has 0 saturated carbocycles. The van der Waals surface area contributed by atoms with Crippen molar-refractivity contribution in [2.75, 3.05) is 13.1 Å². The van der Waals surface area contributed by atoms with Gasteiger partial charge in [-0.25, -0.2) is 9.67 Å². The fourth-order valence-electron chi connectivity index (χ4n) is 4.09. The van der Waals surface area contributed by atoms with Gasteiger partial charge in [0.25, 0.3) is 11.1 Å². The maximum Gasteiger partial charge on any atom is 0.267 e. The molecule has 2 aromatic heterocycles. The Morgan fingerprint density at radius 3 is 2.85 bits per heavy atom. The Morgan fingerprint density at radius 1 is 1.12 bits per heavy atom. The van der Waals surface area contributed by atoms with Crippen LogP contribution in [0, 0.1) is 6.92 Å². The SMILES string of the molecule is Cc1cc(=O)n(CCN2CCCC2Cn2nc3c(cc2=O)CCC3)cn1. The van der Waals surface area contributed by atoms with Crippen LogP contribution in [0.5, 0.6) is 0 Å². The zero-order valence-electron chi connectivity index (χ0n) is 15.2. The van der Waals surface area contributed by atoms with E-state index in [9.17, 15) is 9.59 Å². The number of aryl methyl sites for hydroxylation is 3. The zero-order chi connectivity index (χ0) is 18.1. The first-order chi connectivity index (χ1) is 12.6. The van der Waals surface area contributed by atoms with Crippen LogP contribution in [0.15, 0.2) is 28.0 Å². The van der Waals surface area contributed by atoms with E-state index in [1.165, 1.54) is 0 Å². The highest BCUT2D eigenvalue weighted by Gasteiger charge is 2.26. The summed E-state index contributed by atoms with van der Waals surface area (Å²) in [5.74, 6) is 0. The van der Waals surface area contributed by atoms with Crippen molar-refractivity contribution in [2.24, 2.45) is 0 Å². The molecule has 1 unspecified atom stereocenters. The van der Waals surface area contributed by atoms with E-state index >= 15 is 0 Å². The fraction of sp³-hybridized carbons (Fsp3) is 0.579. The van der Waals surface area contributed by atoms with E-state index in [0.29, 0.717) is 19.1 Å². The van der Waals surface area contributed by atoms with Gasteiger partial charge in [-0.3, -0.25) is 19.1 Å². The zero-order valence-corrected chi connectivity index (χ0v) is 15.2. The third kappa shape index (κ3) is 3.49. The molecule has 0 aromatic carbocycles. The Balaban J connectivity index is 1.44. The van der Waals surface area contributed by atoms with Gasteiger partial charge in [0.15, 0.2) is 0 Å². The molecule has 4 rings (SSSR count). The molecule has 2 aromatic rings. The predicted octanol–water partition coefficient (Wildman–Crippen LogP) is 0.762. The van der Waals surface area contributed by atoms with Crippen LogP contribution >= 0.6 is 0 Å². The van der Waals surface area contributed by atoms with Gasteiger partial charge in [-0.15, -0.1) is 0 Å². The van der Waals surface area contributed by atoms with E-state index in [-0.39, 0.29) is 11.1 Å². The third-order valence-electron chi connectivity index (χ3n) is 5.55. The van der Waals surface area contributed by atoms with Crippen molar-refractivity contribution >= 4 is 0 Å². The highest BCUT2D eigenvalue weighted by atomic mass is 16.1. The second-order valence-corrected chi connectivity index (χ2v) is 7.38. The number of hydrogen-bond donors (Lipinski definition) is 0. The summed E-state index contributed by atoms with van der Waals surface area (Å²) in [6, 6.07) is 3.63. The maximum absolute atomic E-state index is 12.4. The van der Waals surface area contributed by atoms with Gasteiger partial charge in [0, 0.05) is 37.0 Å². The summed E-state index contributed by atoms with van der Waals surface area (Å²) in [7, 11) is 0. The van der Waals surface area contributed by atoms with Gasteiger partial charge in [0.2, 0.25) is 0 Å². The van der Waals surface area contributed by atoms with E-state index < -0.39 is 0 Å². The quantitative estimate of drug-likeness (QED) is 0.792. The average Bonchev–Trinajstić information content (AvgIpc) is 3.23. The summed E-state index contributed by atoms with van der Waals surface area (Å²) in [4.78, 5) is 31.0. The van der Waals surface area contributed by atoms with E-state index in [2.05, 4.69) is 15.0 Å². The van der Waals surface area contributed by atoms with Crippen LogP contribution in [-0.4, -0.2) is 43.4 Å². The van der Waals surface area contributed by atoms with Crippen molar-refractivity contribution < 1.29 is 0 Å². The highest BCUT2D eigenvalue weighted by Crippen LogP contribution is 2.20. The lowest BCUT2D eigenvalue weighted by molar-refractivity contribution is 0.215. The molecule has 1 aliphatic heterocycles. The van der Waals surface area contributed by atoms with E-state index in [1.54, 1.807) is 27.7 Å². The smallest absolute Gasteiger partial charge is 0.267 e. The number of nitrogens with zero attached hydrogens (tertiary/aromatic N) is 5. The Bertz CT molecular complexity index is 917. The van der Waals surface area contributed by atoms with Gasteiger partial charge in [-0.2, -0.15) is 5.10 Å². The molecule has 0 amide bonds. The summed E-state index contributed by atoms with van der Waals surface area (Å²) in [5.41, 5.74) is 2.96. The standard InChI is InChI=1S/C19H25N5O2/c1-14-10-18(25)23(13-20-14)9-8-22-7-3-5-16(22)12-24-19(26)11-15-4-2-6-17(15)21-24/h10-11,13,16H,2-9,12H2,1H3. The molecule has 2 aliphatic rings. The predicted molar refractivity (Wildman–Crippen MR) is 98.4 cm³/mol. The molecular formula is C19H25N5O2. The maximum atomic E-state index is 12.4. The van der Waals surface area contributed by atoms with E-state index in [1.807, 2.05) is 6.92 Å². The molecule has 26 heavy (non-hydrogen) atoms. The second kappa shape index (κ2) is 7.15. The van der Waals surface area contributed by atoms with E-state index in [0.717, 1.165) is 62.1 Å². The first-order valence-electron chi connectivity index (χ1n) is 9.47. The van der Waals surface area contributed by atoms with Crippen molar-refractivity contribution in [1.29, 1.82) is 0 Å². The summed E-state index contributed by atoms with van der Waals surface area (Å²) < 4.78 is 3.30. The van der Waals surface area contributed by atoms with Crippen molar-refractivity contribution in [3.05, 3.63) is 56.1 Å². The van der Waals surface area contributed by atoms with Crippen molar-refractivity contribution in [3.8, 4) is 0 Å². The first kappa shape index (κ1) is 17.1. The van der Waals surface area contributed by atoms with Gasteiger partial charge in [-0.1, -0.05) is 0 Å². The molecule has 0 radical (unpaired) electrons. The average molecular weight is 355 g/mol.